The maximum absolute atomic E-state index is 12.2. The highest BCUT2D eigenvalue weighted by Crippen LogP contribution is 2.14. The molecule has 0 aliphatic rings. The first-order chi connectivity index (χ1) is 12.0. The van der Waals surface area contributed by atoms with Crippen molar-refractivity contribution in [2.24, 2.45) is 5.73 Å². The number of carbonyl (C=O) groups is 2. The molecule has 25 heavy (non-hydrogen) atoms. The van der Waals surface area contributed by atoms with Crippen molar-refractivity contribution in [3.8, 4) is 0 Å². The maximum Gasteiger partial charge on any atom is 0.338 e. The van der Waals surface area contributed by atoms with E-state index in [9.17, 15) is 14.7 Å². The van der Waals surface area contributed by atoms with Gasteiger partial charge in [0.25, 0.3) is 0 Å². The van der Waals surface area contributed by atoms with Crippen LogP contribution in [-0.2, 0) is 9.47 Å². The molecule has 0 amide bonds. The number of benzene rings is 2. The van der Waals surface area contributed by atoms with Crippen LogP contribution in [0.3, 0.4) is 0 Å². The van der Waals surface area contributed by atoms with Crippen LogP contribution in [0.15, 0.2) is 60.7 Å². The van der Waals surface area contributed by atoms with E-state index < -0.39 is 30.3 Å². The molecule has 0 aliphatic heterocycles. The highest BCUT2D eigenvalue weighted by Gasteiger charge is 2.31. The minimum absolute atomic E-state index is 0.139. The lowest BCUT2D eigenvalue weighted by Crippen LogP contribution is -2.45. The SMILES string of the molecule is CC(OC(=O)c1ccccc1)C(OC(=O)c1ccccc1)C(O)CN. The van der Waals surface area contributed by atoms with E-state index in [1.54, 1.807) is 67.6 Å². The van der Waals surface area contributed by atoms with Crippen LogP contribution in [0, 0.1) is 0 Å². The number of carbonyl (C=O) groups excluding carboxylic acids is 2. The lowest BCUT2D eigenvalue weighted by molar-refractivity contribution is -0.0734. The van der Waals surface area contributed by atoms with E-state index in [-0.39, 0.29) is 6.54 Å². The second-order valence-electron chi connectivity index (χ2n) is 5.52. The number of esters is 2. The number of aliphatic hydroxyl groups excluding tert-OH is 1. The van der Waals surface area contributed by atoms with Crippen molar-refractivity contribution >= 4 is 11.9 Å². The minimum atomic E-state index is -1.16. The molecular weight excluding hydrogens is 322 g/mol. The van der Waals surface area contributed by atoms with Gasteiger partial charge in [-0.05, 0) is 31.2 Å². The van der Waals surface area contributed by atoms with Gasteiger partial charge in [0.15, 0.2) is 6.10 Å². The molecule has 3 N–H and O–H groups in total. The first-order valence-corrected chi connectivity index (χ1v) is 7.93. The molecule has 3 atom stereocenters. The van der Waals surface area contributed by atoms with Gasteiger partial charge in [-0.1, -0.05) is 36.4 Å². The number of ether oxygens (including phenoxy) is 2. The quantitative estimate of drug-likeness (QED) is 0.744. The summed E-state index contributed by atoms with van der Waals surface area (Å²) >= 11 is 0. The summed E-state index contributed by atoms with van der Waals surface area (Å²) in [6, 6.07) is 16.8. The molecule has 0 bridgehead atoms. The topological polar surface area (TPSA) is 98.8 Å². The molecule has 6 heteroatoms. The van der Waals surface area contributed by atoms with Gasteiger partial charge in [-0.25, -0.2) is 9.59 Å². The fraction of sp³-hybridized carbons (Fsp3) is 0.263. The van der Waals surface area contributed by atoms with E-state index in [0.717, 1.165) is 0 Å². The van der Waals surface area contributed by atoms with Crippen LogP contribution in [0.1, 0.15) is 27.6 Å². The van der Waals surface area contributed by atoms with Gasteiger partial charge in [0.1, 0.15) is 12.2 Å². The monoisotopic (exact) mass is 343 g/mol. The molecule has 2 aromatic rings. The molecule has 2 aromatic carbocycles. The van der Waals surface area contributed by atoms with Crippen LogP contribution < -0.4 is 5.73 Å². The van der Waals surface area contributed by atoms with Gasteiger partial charge in [0, 0.05) is 6.54 Å². The standard InChI is InChI=1S/C19H21NO5/c1-13(24-18(22)14-8-4-2-5-9-14)17(16(21)12-20)25-19(23)15-10-6-3-7-11-15/h2-11,13,16-17,21H,12,20H2,1H3. The third-order valence-electron chi connectivity index (χ3n) is 3.64. The van der Waals surface area contributed by atoms with Crippen molar-refractivity contribution in [3.63, 3.8) is 0 Å². The summed E-state index contributed by atoms with van der Waals surface area (Å²) in [5, 5.41) is 10.1. The molecule has 0 aliphatic carbocycles. The summed E-state index contributed by atoms with van der Waals surface area (Å²) in [4.78, 5) is 24.4. The number of hydrogen-bond acceptors (Lipinski definition) is 6. The number of rotatable bonds is 7. The zero-order valence-electron chi connectivity index (χ0n) is 13.9. The molecule has 0 fully saturated rings. The predicted molar refractivity (Wildman–Crippen MR) is 92.0 cm³/mol. The van der Waals surface area contributed by atoms with Crippen molar-refractivity contribution < 1.29 is 24.2 Å². The average Bonchev–Trinajstić information content (AvgIpc) is 2.66. The summed E-state index contributed by atoms with van der Waals surface area (Å²) in [7, 11) is 0. The van der Waals surface area contributed by atoms with Gasteiger partial charge >= 0.3 is 11.9 Å². The highest BCUT2D eigenvalue weighted by atomic mass is 16.6. The largest absolute Gasteiger partial charge is 0.455 e. The van der Waals surface area contributed by atoms with E-state index in [1.807, 2.05) is 0 Å². The zero-order valence-corrected chi connectivity index (χ0v) is 13.9. The summed E-state index contributed by atoms with van der Waals surface area (Å²) in [6.45, 7) is 1.41. The van der Waals surface area contributed by atoms with Crippen LogP contribution in [0.2, 0.25) is 0 Å². The Kier molecular flexibility index (Phi) is 6.68. The van der Waals surface area contributed by atoms with E-state index >= 15 is 0 Å². The van der Waals surface area contributed by atoms with Gasteiger partial charge in [-0.3, -0.25) is 0 Å². The lowest BCUT2D eigenvalue weighted by atomic mass is 10.1. The third-order valence-corrected chi connectivity index (χ3v) is 3.64. The Morgan fingerprint density at radius 1 is 0.920 bits per heavy atom. The highest BCUT2D eigenvalue weighted by molar-refractivity contribution is 5.90. The summed E-state index contributed by atoms with van der Waals surface area (Å²) in [5.74, 6) is -1.20. The Labute approximate surface area is 146 Å². The van der Waals surface area contributed by atoms with Crippen LogP contribution in [0.25, 0.3) is 0 Å². The predicted octanol–water partition coefficient (Wildman–Crippen LogP) is 1.78. The number of nitrogens with two attached hydrogens (primary N) is 1. The molecule has 0 saturated carbocycles. The summed E-state index contributed by atoms with van der Waals surface area (Å²) in [6.07, 6.45) is -3.12. The molecule has 132 valence electrons. The summed E-state index contributed by atoms with van der Waals surface area (Å²) in [5.41, 5.74) is 6.18. The first kappa shape index (κ1) is 18.6. The molecule has 0 radical (unpaired) electrons. The molecule has 6 nitrogen and oxygen atoms in total. The second kappa shape index (κ2) is 8.96. The van der Waals surface area contributed by atoms with Gasteiger partial charge in [-0.15, -0.1) is 0 Å². The molecule has 0 spiro atoms. The van der Waals surface area contributed by atoms with E-state index in [1.165, 1.54) is 0 Å². The van der Waals surface area contributed by atoms with E-state index in [0.29, 0.717) is 11.1 Å². The Morgan fingerprint density at radius 2 is 1.36 bits per heavy atom. The fourth-order valence-electron chi connectivity index (χ4n) is 2.27. The van der Waals surface area contributed by atoms with Gasteiger partial charge in [0.2, 0.25) is 0 Å². The van der Waals surface area contributed by atoms with Gasteiger partial charge < -0.3 is 20.3 Å². The Bertz CT molecular complexity index is 689. The van der Waals surface area contributed by atoms with Crippen molar-refractivity contribution in [1.29, 1.82) is 0 Å². The maximum atomic E-state index is 12.2. The van der Waals surface area contributed by atoms with Crippen molar-refractivity contribution in [2.75, 3.05) is 6.54 Å². The average molecular weight is 343 g/mol. The molecule has 0 aromatic heterocycles. The van der Waals surface area contributed by atoms with Crippen LogP contribution in [0.4, 0.5) is 0 Å². The van der Waals surface area contributed by atoms with E-state index in [2.05, 4.69) is 0 Å². The van der Waals surface area contributed by atoms with Gasteiger partial charge in [-0.2, -0.15) is 0 Å². The van der Waals surface area contributed by atoms with E-state index in [4.69, 9.17) is 15.2 Å². The number of aliphatic hydroxyl groups is 1. The van der Waals surface area contributed by atoms with Crippen LogP contribution in [0.5, 0.6) is 0 Å². The van der Waals surface area contributed by atoms with Crippen LogP contribution in [-0.4, -0.2) is 41.9 Å². The fourth-order valence-corrected chi connectivity index (χ4v) is 2.27. The second-order valence-corrected chi connectivity index (χ2v) is 5.52. The molecule has 2 rings (SSSR count). The summed E-state index contributed by atoms with van der Waals surface area (Å²) < 4.78 is 10.7. The van der Waals surface area contributed by atoms with Crippen molar-refractivity contribution in [3.05, 3.63) is 71.8 Å². The van der Waals surface area contributed by atoms with Crippen molar-refractivity contribution in [2.45, 2.75) is 25.2 Å². The van der Waals surface area contributed by atoms with Crippen molar-refractivity contribution in [1.82, 2.24) is 0 Å². The smallest absolute Gasteiger partial charge is 0.338 e. The number of hydrogen-bond donors (Lipinski definition) is 2. The Hall–Kier alpha value is -2.70. The molecule has 0 saturated heterocycles. The van der Waals surface area contributed by atoms with Crippen LogP contribution >= 0.6 is 0 Å². The Morgan fingerprint density at radius 3 is 1.80 bits per heavy atom. The minimum Gasteiger partial charge on any atom is -0.455 e. The zero-order chi connectivity index (χ0) is 18.2. The Balaban J connectivity index is 2.08. The molecular formula is C19H21NO5. The molecule has 3 unspecified atom stereocenters. The van der Waals surface area contributed by atoms with Gasteiger partial charge in [0.05, 0.1) is 11.1 Å². The lowest BCUT2D eigenvalue weighted by Gasteiger charge is -2.27. The first-order valence-electron chi connectivity index (χ1n) is 7.93. The normalized spacial score (nSPS) is 14.2. The third kappa shape index (κ3) is 5.14. The molecule has 0 heterocycles.